The highest BCUT2D eigenvalue weighted by Crippen LogP contribution is 2.27. The van der Waals surface area contributed by atoms with Gasteiger partial charge in [-0.2, -0.15) is 9.57 Å². The average Bonchev–Trinajstić information content (AvgIpc) is 2.79. The molecule has 1 aliphatic heterocycles. The Morgan fingerprint density at radius 3 is 2.27 bits per heavy atom. The molecule has 0 atom stereocenters. The van der Waals surface area contributed by atoms with Crippen LogP contribution in [0.2, 0.25) is 10.0 Å². The summed E-state index contributed by atoms with van der Waals surface area (Å²) in [5, 5.41) is 10.1. The number of sulfonamides is 1. The average molecular weight is 510 g/mol. The molecule has 7 nitrogen and oxygen atoms in total. The molecule has 178 valence electrons. The molecule has 2 aromatic rings. The standard InChI is InChI=1S/C23H29Cl2N5O2S/c1-27(2)8-9-28(3)20-5-4-18(16-26)19(14-20)17-29-10-12-30(13-11-29)33(31,32)21-6-7-22(24)23(25)15-21/h4-7,14-15H,8-13,17H2,1-3H3. The van der Waals surface area contributed by atoms with Crippen LogP contribution in [0.5, 0.6) is 0 Å². The molecule has 1 heterocycles. The van der Waals surface area contributed by atoms with Gasteiger partial charge in [0.1, 0.15) is 0 Å². The Balaban J connectivity index is 1.67. The summed E-state index contributed by atoms with van der Waals surface area (Å²) in [6, 6.07) is 12.6. The highest BCUT2D eigenvalue weighted by atomic mass is 35.5. The first-order chi connectivity index (χ1) is 15.6. The van der Waals surface area contributed by atoms with Crippen LogP contribution >= 0.6 is 23.2 Å². The number of benzene rings is 2. The van der Waals surface area contributed by atoms with E-state index in [0.29, 0.717) is 43.3 Å². The maximum Gasteiger partial charge on any atom is 0.243 e. The van der Waals surface area contributed by atoms with Crippen molar-refractivity contribution in [3.63, 3.8) is 0 Å². The van der Waals surface area contributed by atoms with Gasteiger partial charge in [0.2, 0.25) is 10.0 Å². The molecule has 33 heavy (non-hydrogen) atoms. The van der Waals surface area contributed by atoms with Crippen LogP contribution in [0.3, 0.4) is 0 Å². The smallest absolute Gasteiger partial charge is 0.243 e. The second-order valence-electron chi connectivity index (χ2n) is 8.43. The van der Waals surface area contributed by atoms with Crippen molar-refractivity contribution in [3.8, 4) is 6.07 Å². The lowest BCUT2D eigenvalue weighted by Crippen LogP contribution is -2.48. The Bertz CT molecular complexity index is 1130. The van der Waals surface area contributed by atoms with Crippen molar-refractivity contribution in [2.24, 2.45) is 0 Å². The minimum atomic E-state index is -3.64. The summed E-state index contributed by atoms with van der Waals surface area (Å²) in [4.78, 5) is 6.63. The van der Waals surface area contributed by atoms with Gasteiger partial charge in [0.15, 0.2) is 0 Å². The van der Waals surface area contributed by atoms with E-state index in [1.807, 2.05) is 33.3 Å². The molecule has 0 amide bonds. The van der Waals surface area contributed by atoms with Crippen molar-refractivity contribution in [3.05, 3.63) is 57.6 Å². The summed E-state index contributed by atoms with van der Waals surface area (Å²) in [7, 11) is 2.48. The van der Waals surface area contributed by atoms with Gasteiger partial charge < -0.3 is 9.80 Å². The van der Waals surface area contributed by atoms with Crippen LogP contribution in [-0.4, -0.2) is 82.9 Å². The number of anilines is 1. The first-order valence-electron chi connectivity index (χ1n) is 10.7. The lowest BCUT2D eigenvalue weighted by molar-refractivity contribution is 0.181. The molecule has 0 radical (unpaired) electrons. The summed E-state index contributed by atoms with van der Waals surface area (Å²) < 4.78 is 27.5. The fourth-order valence-corrected chi connectivity index (χ4v) is 5.50. The first kappa shape index (κ1) is 25.8. The third-order valence-corrected chi connectivity index (χ3v) is 8.42. The Morgan fingerprint density at radius 1 is 0.970 bits per heavy atom. The van der Waals surface area contributed by atoms with Crippen molar-refractivity contribution in [1.82, 2.24) is 14.1 Å². The summed E-state index contributed by atoms with van der Waals surface area (Å²) in [6.07, 6.45) is 0. The topological polar surface area (TPSA) is 70.9 Å². The number of rotatable bonds is 8. The molecule has 0 unspecified atom stereocenters. The number of halogens is 2. The zero-order valence-corrected chi connectivity index (χ0v) is 21.5. The molecule has 0 N–H and O–H groups in total. The van der Waals surface area contributed by atoms with Crippen LogP contribution in [0.25, 0.3) is 0 Å². The predicted octanol–water partition coefficient (Wildman–Crippen LogP) is 3.37. The minimum absolute atomic E-state index is 0.144. The third-order valence-electron chi connectivity index (χ3n) is 5.79. The van der Waals surface area contributed by atoms with E-state index in [9.17, 15) is 13.7 Å². The fourth-order valence-electron chi connectivity index (χ4n) is 3.69. The van der Waals surface area contributed by atoms with E-state index in [2.05, 4.69) is 26.8 Å². The molecule has 0 aliphatic carbocycles. The third kappa shape index (κ3) is 6.38. The van der Waals surface area contributed by atoms with E-state index in [1.54, 1.807) is 0 Å². The van der Waals surface area contributed by atoms with Crippen LogP contribution in [0.15, 0.2) is 41.3 Å². The molecule has 1 saturated heterocycles. The fraction of sp³-hybridized carbons (Fsp3) is 0.435. The van der Waals surface area contributed by atoms with Crippen molar-refractivity contribution in [2.75, 3.05) is 65.3 Å². The highest BCUT2D eigenvalue weighted by molar-refractivity contribution is 7.89. The number of hydrogen-bond acceptors (Lipinski definition) is 6. The molecule has 3 rings (SSSR count). The van der Waals surface area contributed by atoms with Gasteiger partial charge in [0, 0.05) is 58.5 Å². The van der Waals surface area contributed by atoms with Crippen LogP contribution in [0, 0.1) is 11.3 Å². The predicted molar refractivity (Wildman–Crippen MR) is 133 cm³/mol. The van der Waals surface area contributed by atoms with Gasteiger partial charge in [0.25, 0.3) is 0 Å². The molecule has 1 aliphatic rings. The Kier molecular flexibility index (Phi) is 8.62. The van der Waals surface area contributed by atoms with Crippen molar-refractivity contribution < 1.29 is 8.42 Å². The highest BCUT2D eigenvalue weighted by Gasteiger charge is 2.29. The van der Waals surface area contributed by atoms with Crippen molar-refractivity contribution in [2.45, 2.75) is 11.4 Å². The van der Waals surface area contributed by atoms with Gasteiger partial charge in [-0.15, -0.1) is 0 Å². The molecular weight excluding hydrogens is 481 g/mol. The SMILES string of the molecule is CN(C)CCN(C)c1ccc(C#N)c(CN2CCN(S(=O)(=O)c3ccc(Cl)c(Cl)c3)CC2)c1. The van der Waals surface area contributed by atoms with Gasteiger partial charge >= 0.3 is 0 Å². The number of nitrogens with zero attached hydrogens (tertiary/aromatic N) is 5. The summed E-state index contributed by atoms with van der Waals surface area (Å²) >= 11 is 11.9. The molecule has 1 fully saturated rings. The van der Waals surface area contributed by atoms with Crippen LogP contribution in [-0.2, 0) is 16.6 Å². The molecule has 0 bridgehead atoms. The van der Waals surface area contributed by atoms with Gasteiger partial charge in [-0.3, -0.25) is 4.90 Å². The van der Waals surface area contributed by atoms with Crippen molar-refractivity contribution in [1.29, 1.82) is 5.26 Å². The monoisotopic (exact) mass is 509 g/mol. The molecule has 10 heteroatoms. The number of likely N-dealkylation sites (N-methyl/N-ethyl adjacent to an activating group) is 2. The maximum absolute atomic E-state index is 13.0. The Morgan fingerprint density at radius 2 is 1.67 bits per heavy atom. The summed E-state index contributed by atoms with van der Waals surface area (Å²) in [5.41, 5.74) is 2.66. The first-order valence-corrected chi connectivity index (χ1v) is 12.9. The number of piperazine rings is 1. The molecule has 0 aromatic heterocycles. The van der Waals surface area contributed by atoms with Crippen molar-refractivity contribution >= 4 is 38.9 Å². The van der Waals surface area contributed by atoms with Crippen LogP contribution in [0.1, 0.15) is 11.1 Å². The second kappa shape index (κ2) is 11.0. The van der Waals surface area contributed by atoms with Gasteiger partial charge in [0.05, 0.1) is 26.6 Å². The van der Waals surface area contributed by atoms with E-state index in [4.69, 9.17) is 23.2 Å². The lowest BCUT2D eigenvalue weighted by atomic mass is 10.1. The quantitative estimate of drug-likeness (QED) is 0.543. The zero-order valence-electron chi connectivity index (χ0n) is 19.1. The molecular formula is C23H29Cl2N5O2S. The van der Waals surface area contributed by atoms with Gasteiger partial charge in [-0.25, -0.2) is 8.42 Å². The number of nitriles is 1. The van der Waals surface area contributed by atoms with Crippen LogP contribution < -0.4 is 4.90 Å². The normalized spacial score (nSPS) is 15.5. The molecule has 0 saturated carbocycles. The largest absolute Gasteiger partial charge is 0.373 e. The maximum atomic E-state index is 13.0. The van der Waals surface area contributed by atoms with Gasteiger partial charge in [-0.05, 0) is 56.1 Å². The second-order valence-corrected chi connectivity index (χ2v) is 11.2. The summed E-state index contributed by atoms with van der Waals surface area (Å²) in [6.45, 7) is 4.29. The van der Waals surface area contributed by atoms with E-state index < -0.39 is 10.0 Å². The van der Waals surface area contributed by atoms with E-state index in [1.165, 1.54) is 22.5 Å². The summed E-state index contributed by atoms with van der Waals surface area (Å²) in [5.74, 6) is 0. The Labute approximate surface area is 206 Å². The minimum Gasteiger partial charge on any atom is -0.373 e. The van der Waals surface area contributed by atoms with Gasteiger partial charge in [-0.1, -0.05) is 23.2 Å². The van der Waals surface area contributed by atoms with E-state index in [-0.39, 0.29) is 9.92 Å². The molecule has 2 aromatic carbocycles. The van der Waals surface area contributed by atoms with E-state index in [0.717, 1.165) is 24.3 Å². The Hall–Kier alpha value is -1.86. The lowest BCUT2D eigenvalue weighted by Gasteiger charge is -2.34. The van der Waals surface area contributed by atoms with Crippen LogP contribution in [0.4, 0.5) is 5.69 Å². The van der Waals surface area contributed by atoms with E-state index >= 15 is 0 Å². The zero-order chi connectivity index (χ0) is 24.2. The molecule has 0 spiro atoms. The number of hydrogen-bond donors (Lipinski definition) is 0.